The summed E-state index contributed by atoms with van der Waals surface area (Å²) in [6, 6.07) is 4.06. The molecule has 5 heteroatoms. The van der Waals surface area contributed by atoms with Crippen LogP contribution in [0.15, 0.2) is 18.2 Å². The molecule has 0 aliphatic heterocycles. The van der Waals surface area contributed by atoms with Gasteiger partial charge >= 0.3 is 0 Å². The van der Waals surface area contributed by atoms with Crippen LogP contribution < -0.4 is 5.73 Å². The van der Waals surface area contributed by atoms with Crippen molar-refractivity contribution in [2.75, 3.05) is 6.61 Å². The van der Waals surface area contributed by atoms with Crippen LogP contribution in [0.3, 0.4) is 0 Å². The van der Waals surface area contributed by atoms with Gasteiger partial charge in [0, 0.05) is 11.6 Å². The molecule has 0 saturated carbocycles. The van der Waals surface area contributed by atoms with Crippen molar-refractivity contribution < 1.29 is 10.0 Å². The molecular formula is C9H12N2O3. The molecule has 1 unspecified atom stereocenters. The van der Waals surface area contributed by atoms with Gasteiger partial charge in [0.2, 0.25) is 0 Å². The Morgan fingerprint density at radius 1 is 1.64 bits per heavy atom. The van der Waals surface area contributed by atoms with Gasteiger partial charge in [-0.3, -0.25) is 10.1 Å². The van der Waals surface area contributed by atoms with Crippen LogP contribution >= 0.6 is 0 Å². The molecule has 5 nitrogen and oxygen atoms in total. The summed E-state index contributed by atoms with van der Waals surface area (Å²) in [6.45, 7) is 1.46. The molecule has 0 heterocycles. The zero-order valence-corrected chi connectivity index (χ0v) is 7.80. The Balaban J connectivity index is 3.21. The van der Waals surface area contributed by atoms with Crippen LogP contribution in [0.25, 0.3) is 0 Å². The van der Waals surface area contributed by atoms with Crippen LogP contribution in [-0.2, 0) is 0 Å². The number of hydrogen-bond acceptors (Lipinski definition) is 4. The molecule has 0 aliphatic carbocycles. The summed E-state index contributed by atoms with van der Waals surface area (Å²) >= 11 is 0. The monoisotopic (exact) mass is 196 g/mol. The highest BCUT2D eigenvalue weighted by atomic mass is 16.6. The van der Waals surface area contributed by atoms with Crippen molar-refractivity contribution in [2.24, 2.45) is 5.73 Å². The molecule has 0 aliphatic rings. The Morgan fingerprint density at radius 3 is 2.79 bits per heavy atom. The summed E-state index contributed by atoms with van der Waals surface area (Å²) in [5.74, 6) is 0. The predicted molar refractivity (Wildman–Crippen MR) is 51.8 cm³/mol. The molecule has 76 valence electrons. The third-order valence-electron chi connectivity index (χ3n) is 1.98. The maximum Gasteiger partial charge on any atom is 0.274 e. The van der Waals surface area contributed by atoms with Crippen molar-refractivity contribution in [1.29, 1.82) is 0 Å². The Kier molecular flexibility index (Phi) is 3.16. The van der Waals surface area contributed by atoms with Gasteiger partial charge in [-0.05, 0) is 12.5 Å². The molecule has 1 aromatic rings. The molecule has 0 amide bonds. The number of hydrogen-bond donors (Lipinski definition) is 2. The molecule has 0 aromatic heterocycles. The van der Waals surface area contributed by atoms with E-state index in [2.05, 4.69) is 0 Å². The zero-order valence-electron chi connectivity index (χ0n) is 7.80. The average Bonchev–Trinajstić information content (AvgIpc) is 2.16. The lowest BCUT2D eigenvalue weighted by molar-refractivity contribution is -0.385. The third-order valence-corrected chi connectivity index (χ3v) is 1.98. The average molecular weight is 196 g/mol. The van der Waals surface area contributed by atoms with E-state index in [1.165, 1.54) is 6.07 Å². The van der Waals surface area contributed by atoms with Crippen molar-refractivity contribution in [1.82, 2.24) is 0 Å². The minimum atomic E-state index is -0.698. The number of aliphatic hydroxyl groups is 1. The number of benzene rings is 1. The quantitative estimate of drug-likeness (QED) is 0.555. The summed E-state index contributed by atoms with van der Waals surface area (Å²) in [5, 5.41) is 19.5. The topological polar surface area (TPSA) is 89.4 Å². The summed E-state index contributed by atoms with van der Waals surface area (Å²) in [6.07, 6.45) is 0. The maximum absolute atomic E-state index is 10.7. The van der Waals surface area contributed by atoms with Gasteiger partial charge in [-0.1, -0.05) is 12.1 Å². The normalized spacial score (nSPS) is 12.5. The lowest BCUT2D eigenvalue weighted by atomic mass is 10.0. The SMILES string of the molecule is Cc1ccc(C(N)CO)c([N+](=O)[O-])c1. The van der Waals surface area contributed by atoms with Gasteiger partial charge in [-0.15, -0.1) is 0 Å². The van der Waals surface area contributed by atoms with Crippen LogP contribution in [0, 0.1) is 17.0 Å². The number of aliphatic hydroxyl groups excluding tert-OH is 1. The van der Waals surface area contributed by atoms with Gasteiger partial charge < -0.3 is 10.8 Å². The molecule has 1 aromatic carbocycles. The zero-order chi connectivity index (χ0) is 10.7. The highest BCUT2D eigenvalue weighted by Gasteiger charge is 2.18. The summed E-state index contributed by atoms with van der Waals surface area (Å²) in [4.78, 5) is 10.2. The molecule has 0 fully saturated rings. The lowest BCUT2D eigenvalue weighted by Gasteiger charge is -2.09. The minimum Gasteiger partial charge on any atom is -0.394 e. The van der Waals surface area contributed by atoms with Crippen molar-refractivity contribution in [2.45, 2.75) is 13.0 Å². The van der Waals surface area contributed by atoms with Crippen molar-refractivity contribution in [3.05, 3.63) is 39.4 Å². The van der Waals surface area contributed by atoms with Gasteiger partial charge in [-0.2, -0.15) is 0 Å². The van der Waals surface area contributed by atoms with E-state index in [1.807, 2.05) is 0 Å². The highest BCUT2D eigenvalue weighted by molar-refractivity contribution is 5.44. The highest BCUT2D eigenvalue weighted by Crippen LogP contribution is 2.24. The van der Waals surface area contributed by atoms with E-state index < -0.39 is 11.0 Å². The molecule has 0 saturated heterocycles. The molecule has 0 spiro atoms. The van der Waals surface area contributed by atoms with Crippen molar-refractivity contribution in [3.8, 4) is 0 Å². The molecule has 1 rings (SSSR count). The van der Waals surface area contributed by atoms with Crippen LogP contribution in [0.5, 0.6) is 0 Å². The lowest BCUT2D eigenvalue weighted by Crippen LogP contribution is -2.16. The van der Waals surface area contributed by atoms with Crippen LogP contribution in [0.2, 0.25) is 0 Å². The standard InChI is InChI=1S/C9H12N2O3/c1-6-2-3-7(8(10)5-12)9(4-6)11(13)14/h2-4,8,12H,5,10H2,1H3. The molecular weight excluding hydrogens is 184 g/mol. The van der Waals surface area contributed by atoms with E-state index in [-0.39, 0.29) is 12.3 Å². The van der Waals surface area contributed by atoms with Gasteiger partial charge in [-0.25, -0.2) is 0 Å². The smallest absolute Gasteiger partial charge is 0.274 e. The number of aryl methyl sites for hydroxylation is 1. The van der Waals surface area contributed by atoms with Gasteiger partial charge in [0.15, 0.2) is 0 Å². The summed E-state index contributed by atoms with van der Waals surface area (Å²) in [5.41, 5.74) is 6.65. The Hall–Kier alpha value is -1.46. The number of nitrogens with two attached hydrogens (primary N) is 1. The molecule has 14 heavy (non-hydrogen) atoms. The van der Waals surface area contributed by atoms with Gasteiger partial charge in [0.1, 0.15) is 0 Å². The van der Waals surface area contributed by atoms with E-state index in [1.54, 1.807) is 19.1 Å². The van der Waals surface area contributed by atoms with Crippen molar-refractivity contribution >= 4 is 5.69 Å². The number of nitrogens with zero attached hydrogens (tertiary/aromatic N) is 1. The van der Waals surface area contributed by atoms with E-state index >= 15 is 0 Å². The first kappa shape index (κ1) is 10.6. The Bertz CT molecular complexity index is 352. The van der Waals surface area contributed by atoms with Crippen LogP contribution in [-0.4, -0.2) is 16.6 Å². The van der Waals surface area contributed by atoms with Crippen molar-refractivity contribution in [3.63, 3.8) is 0 Å². The van der Waals surface area contributed by atoms with E-state index in [9.17, 15) is 10.1 Å². The second-order valence-electron chi connectivity index (χ2n) is 3.11. The Morgan fingerprint density at radius 2 is 2.29 bits per heavy atom. The molecule has 1 atom stereocenters. The summed E-state index contributed by atoms with van der Waals surface area (Å²) < 4.78 is 0. The predicted octanol–water partition coefficient (Wildman–Crippen LogP) is 0.895. The maximum atomic E-state index is 10.7. The van der Waals surface area contributed by atoms with Gasteiger partial charge in [0.25, 0.3) is 5.69 Å². The van der Waals surface area contributed by atoms with E-state index in [0.29, 0.717) is 5.56 Å². The number of rotatable bonds is 3. The first-order valence-corrected chi connectivity index (χ1v) is 4.17. The largest absolute Gasteiger partial charge is 0.394 e. The second-order valence-corrected chi connectivity index (χ2v) is 3.11. The third kappa shape index (κ3) is 2.07. The minimum absolute atomic E-state index is 0.0356. The first-order chi connectivity index (χ1) is 6.56. The number of nitro benzene ring substituents is 1. The fourth-order valence-electron chi connectivity index (χ4n) is 1.22. The first-order valence-electron chi connectivity index (χ1n) is 4.17. The Labute approximate surface area is 81.3 Å². The fraction of sp³-hybridized carbons (Fsp3) is 0.333. The van der Waals surface area contributed by atoms with E-state index in [4.69, 9.17) is 10.8 Å². The van der Waals surface area contributed by atoms with E-state index in [0.717, 1.165) is 5.56 Å². The summed E-state index contributed by atoms with van der Waals surface area (Å²) in [7, 11) is 0. The fourth-order valence-corrected chi connectivity index (χ4v) is 1.22. The molecule has 3 N–H and O–H groups in total. The van der Waals surface area contributed by atoms with Crippen LogP contribution in [0.1, 0.15) is 17.2 Å². The second kappa shape index (κ2) is 4.17. The molecule has 0 radical (unpaired) electrons. The molecule has 0 bridgehead atoms. The van der Waals surface area contributed by atoms with Crippen LogP contribution in [0.4, 0.5) is 5.69 Å². The van der Waals surface area contributed by atoms with Gasteiger partial charge in [0.05, 0.1) is 17.6 Å². The number of nitro groups is 1.